The highest BCUT2D eigenvalue weighted by Gasteiger charge is 2.35. The Morgan fingerprint density at radius 1 is 1.38 bits per heavy atom. The summed E-state index contributed by atoms with van der Waals surface area (Å²) in [6.45, 7) is 0.174. The van der Waals surface area contributed by atoms with Crippen molar-refractivity contribution in [2.45, 2.75) is 18.9 Å². The minimum absolute atomic E-state index is 0.000889. The fourth-order valence-electron chi connectivity index (χ4n) is 3.21. The number of rotatable bonds is 6. The molecule has 1 aromatic rings. The average Bonchev–Trinajstić information content (AvgIpc) is 3.18. The lowest BCUT2D eigenvalue weighted by Gasteiger charge is -2.24. The van der Waals surface area contributed by atoms with Gasteiger partial charge in [0.05, 0.1) is 23.5 Å². The molecule has 2 aliphatic heterocycles. The van der Waals surface area contributed by atoms with Crippen LogP contribution in [0.2, 0.25) is 0 Å². The van der Waals surface area contributed by atoms with Crippen LogP contribution >= 0.6 is 24.0 Å². The van der Waals surface area contributed by atoms with Gasteiger partial charge in [0.25, 0.3) is 5.91 Å². The van der Waals surface area contributed by atoms with Crippen LogP contribution in [0.1, 0.15) is 18.4 Å². The maximum atomic E-state index is 12.7. The van der Waals surface area contributed by atoms with E-state index in [-0.39, 0.29) is 42.3 Å². The predicted octanol–water partition coefficient (Wildman–Crippen LogP) is 1.93. The number of sulfone groups is 1. The number of thioether (sulfide) groups is 1. The smallest absolute Gasteiger partial charge is 0.266 e. The van der Waals surface area contributed by atoms with Crippen LogP contribution in [0.15, 0.2) is 29.2 Å². The summed E-state index contributed by atoms with van der Waals surface area (Å²) in [4.78, 5) is 28.6. The van der Waals surface area contributed by atoms with Gasteiger partial charge in [0.15, 0.2) is 9.84 Å². The predicted molar refractivity (Wildman–Crippen MR) is 117 cm³/mol. The van der Waals surface area contributed by atoms with Crippen LogP contribution in [-0.2, 0) is 19.4 Å². The third-order valence-electron chi connectivity index (χ3n) is 4.99. The number of thiocarbonyl (C=S) groups is 1. The molecule has 0 bridgehead atoms. The van der Waals surface area contributed by atoms with Gasteiger partial charge in [0.2, 0.25) is 5.91 Å². The molecule has 0 aromatic heterocycles. The Hall–Kier alpha value is -1.91. The number of ether oxygens (including phenoxy) is 1. The van der Waals surface area contributed by atoms with Gasteiger partial charge in [0, 0.05) is 26.1 Å². The lowest BCUT2D eigenvalue weighted by molar-refractivity contribution is -0.132. The summed E-state index contributed by atoms with van der Waals surface area (Å²) in [6, 6.07) is 7.02. The molecule has 0 N–H and O–H groups in total. The molecule has 2 fully saturated rings. The first kappa shape index (κ1) is 21.8. The van der Waals surface area contributed by atoms with Gasteiger partial charge in [-0.25, -0.2) is 8.42 Å². The Morgan fingerprint density at radius 2 is 2.07 bits per heavy atom. The van der Waals surface area contributed by atoms with E-state index >= 15 is 0 Å². The second-order valence-corrected chi connectivity index (χ2v) is 10.8. The quantitative estimate of drug-likeness (QED) is 0.480. The molecule has 0 aliphatic carbocycles. The Morgan fingerprint density at radius 3 is 2.66 bits per heavy atom. The molecule has 0 unspecified atom stereocenters. The monoisotopic (exact) mass is 454 g/mol. The fraction of sp³-hybridized carbons (Fsp3) is 0.421. The molecule has 2 amide bonds. The zero-order valence-corrected chi connectivity index (χ0v) is 18.6. The van der Waals surface area contributed by atoms with E-state index in [0.717, 1.165) is 11.3 Å². The minimum atomic E-state index is -3.06. The maximum absolute atomic E-state index is 12.7. The van der Waals surface area contributed by atoms with Crippen LogP contribution in [0.25, 0.3) is 6.08 Å². The van der Waals surface area contributed by atoms with Crippen LogP contribution in [0.5, 0.6) is 5.75 Å². The van der Waals surface area contributed by atoms with E-state index in [9.17, 15) is 18.0 Å². The van der Waals surface area contributed by atoms with E-state index in [4.69, 9.17) is 17.0 Å². The second-order valence-electron chi connectivity index (χ2n) is 6.92. The Kier molecular flexibility index (Phi) is 6.65. The van der Waals surface area contributed by atoms with E-state index in [2.05, 4.69) is 0 Å². The summed E-state index contributed by atoms with van der Waals surface area (Å²) in [5, 5.41) is 0. The van der Waals surface area contributed by atoms with Crippen molar-refractivity contribution in [3.05, 3.63) is 34.7 Å². The van der Waals surface area contributed by atoms with Crippen molar-refractivity contribution in [1.29, 1.82) is 0 Å². The van der Waals surface area contributed by atoms with Crippen molar-refractivity contribution in [3.63, 3.8) is 0 Å². The number of methoxy groups -OCH3 is 1. The summed E-state index contributed by atoms with van der Waals surface area (Å²) in [5.74, 6) is 0.420. The average molecular weight is 455 g/mol. The van der Waals surface area contributed by atoms with Crippen molar-refractivity contribution in [3.8, 4) is 5.75 Å². The van der Waals surface area contributed by atoms with Crippen molar-refractivity contribution in [2.75, 3.05) is 32.2 Å². The third-order valence-corrected chi connectivity index (χ3v) is 8.11. The van der Waals surface area contributed by atoms with Gasteiger partial charge in [-0.1, -0.05) is 36.1 Å². The van der Waals surface area contributed by atoms with E-state index in [1.807, 2.05) is 24.3 Å². The van der Waals surface area contributed by atoms with Gasteiger partial charge in [-0.05, 0) is 30.2 Å². The van der Waals surface area contributed by atoms with E-state index in [1.165, 1.54) is 21.6 Å². The molecular weight excluding hydrogens is 432 g/mol. The minimum Gasteiger partial charge on any atom is -0.497 e. The van der Waals surface area contributed by atoms with Gasteiger partial charge in [-0.15, -0.1) is 0 Å². The fourth-order valence-corrected chi connectivity index (χ4v) is 6.30. The molecule has 7 nitrogen and oxygen atoms in total. The van der Waals surface area contributed by atoms with Crippen molar-refractivity contribution >= 4 is 56.0 Å². The molecule has 10 heteroatoms. The Balaban J connectivity index is 1.59. The topological polar surface area (TPSA) is 84.0 Å². The van der Waals surface area contributed by atoms with E-state index < -0.39 is 9.84 Å². The van der Waals surface area contributed by atoms with Crippen molar-refractivity contribution in [1.82, 2.24) is 9.80 Å². The molecular formula is C19H22N2O5S3. The Labute approximate surface area is 180 Å². The Bertz CT molecular complexity index is 957. The summed E-state index contributed by atoms with van der Waals surface area (Å²) in [7, 11) is 0.139. The number of hydrogen-bond donors (Lipinski definition) is 0. The highest BCUT2D eigenvalue weighted by Crippen LogP contribution is 2.33. The third kappa shape index (κ3) is 5.18. The normalized spacial score (nSPS) is 22.3. The molecule has 0 spiro atoms. The number of nitrogens with zero attached hydrogens (tertiary/aromatic N) is 2. The van der Waals surface area contributed by atoms with Crippen molar-refractivity contribution in [2.24, 2.45) is 0 Å². The molecule has 3 rings (SSSR count). The highest BCUT2D eigenvalue weighted by atomic mass is 32.2. The summed E-state index contributed by atoms with van der Waals surface area (Å²) in [5.41, 5.74) is 0.851. The lowest BCUT2D eigenvalue weighted by Crippen LogP contribution is -2.40. The first-order chi connectivity index (χ1) is 13.7. The number of carbonyl (C=O) groups excluding carboxylic acids is 2. The first-order valence-electron chi connectivity index (χ1n) is 9.05. The van der Waals surface area contributed by atoms with Gasteiger partial charge in [-0.2, -0.15) is 0 Å². The van der Waals surface area contributed by atoms with Crippen LogP contribution in [0, 0.1) is 0 Å². The van der Waals surface area contributed by atoms with Gasteiger partial charge in [-0.3, -0.25) is 14.5 Å². The van der Waals surface area contributed by atoms with Crippen LogP contribution in [-0.4, -0.2) is 72.6 Å². The lowest BCUT2D eigenvalue weighted by atomic mass is 10.2. The van der Waals surface area contributed by atoms with Gasteiger partial charge in [0.1, 0.15) is 10.1 Å². The largest absolute Gasteiger partial charge is 0.497 e. The number of carbonyl (C=O) groups is 2. The zero-order chi connectivity index (χ0) is 21.2. The zero-order valence-electron chi connectivity index (χ0n) is 16.2. The summed E-state index contributed by atoms with van der Waals surface area (Å²) in [6.07, 6.45) is 2.31. The van der Waals surface area contributed by atoms with Gasteiger partial charge >= 0.3 is 0 Å². The van der Waals surface area contributed by atoms with E-state index in [0.29, 0.717) is 15.6 Å². The van der Waals surface area contributed by atoms with Gasteiger partial charge < -0.3 is 9.64 Å². The van der Waals surface area contributed by atoms with E-state index in [1.54, 1.807) is 20.2 Å². The second kappa shape index (κ2) is 8.85. The number of benzene rings is 1. The molecule has 0 saturated carbocycles. The summed E-state index contributed by atoms with van der Waals surface area (Å²) < 4.78 is 28.8. The molecule has 156 valence electrons. The molecule has 1 aromatic carbocycles. The van der Waals surface area contributed by atoms with Crippen LogP contribution < -0.4 is 4.74 Å². The molecule has 2 aliphatic rings. The van der Waals surface area contributed by atoms with Crippen LogP contribution in [0.3, 0.4) is 0 Å². The molecule has 29 heavy (non-hydrogen) atoms. The van der Waals surface area contributed by atoms with Crippen LogP contribution in [0.4, 0.5) is 0 Å². The molecule has 0 radical (unpaired) electrons. The maximum Gasteiger partial charge on any atom is 0.266 e. The first-order valence-corrected chi connectivity index (χ1v) is 12.1. The number of amides is 2. The molecule has 1 atom stereocenters. The highest BCUT2D eigenvalue weighted by molar-refractivity contribution is 8.26. The SMILES string of the molecule is COc1ccc(/C=C2/SC(=S)N(CCC(=O)N(C)[C@@H]3CCS(=O)(=O)C3)C2=O)cc1. The number of hydrogen-bond acceptors (Lipinski definition) is 7. The standard InChI is InChI=1S/C19H22N2O5S3/c1-20(14-8-10-29(24,25)12-14)17(22)7-9-21-18(23)16(28-19(21)27)11-13-3-5-15(26-2)6-4-13/h3-6,11,14H,7-10,12H2,1-2H3/b16-11+/t14-/m1/s1. The molecule has 2 heterocycles. The molecule has 2 saturated heterocycles. The van der Waals surface area contributed by atoms with Crippen molar-refractivity contribution < 1.29 is 22.7 Å². The summed E-state index contributed by atoms with van der Waals surface area (Å²) >= 11 is 6.51.